The van der Waals surface area contributed by atoms with Gasteiger partial charge in [0.25, 0.3) is 0 Å². The van der Waals surface area contributed by atoms with Gasteiger partial charge in [0.15, 0.2) is 0 Å². The number of rotatable bonds is 1. The zero-order chi connectivity index (χ0) is 10.2. The quantitative estimate of drug-likeness (QED) is 0.356. The number of hydrogen-bond acceptors (Lipinski definition) is 4. The van der Waals surface area contributed by atoms with Crippen LogP contribution in [0, 0.1) is 6.92 Å². The monoisotopic (exact) mass is 243 g/mol. The van der Waals surface area contributed by atoms with Gasteiger partial charge in [0, 0.05) is 10.7 Å². The maximum Gasteiger partial charge on any atom is 1.00 e. The average Bonchev–Trinajstić information content (AvgIpc) is 1.95. The zero-order valence-corrected chi connectivity index (χ0v) is 11.3. The van der Waals surface area contributed by atoms with E-state index in [0.717, 1.165) is 0 Å². The van der Waals surface area contributed by atoms with E-state index in [-0.39, 0.29) is 45.8 Å². The largest absolute Gasteiger partial charge is 1.00 e. The van der Waals surface area contributed by atoms with E-state index < -0.39 is 15.0 Å². The van der Waals surface area contributed by atoms with Gasteiger partial charge in [-0.2, -0.15) is 0 Å². The maximum atomic E-state index is 10.7. The molecule has 0 fully saturated rings. The molecule has 2 N–H and O–H groups in total. The topological polar surface area (TPSA) is 83.2 Å². The van der Waals surface area contributed by atoms with Crippen molar-refractivity contribution >= 4 is 27.4 Å². The molecule has 0 aliphatic rings. The van der Waals surface area contributed by atoms with Crippen molar-refractivity contribution in [1.29, 1.82) is 0 Å². The number of benzene rings is 1. The van der Waals surface area contributed by atoms with Crippen LogP contribution < -0.4 is 35.3 Å². The standard InChI is InChI=1S/C7H8ClNO3S.Na/c1-4-5(8)2-3-6(9)7(4)13(10,11)12;/h2-3H,9H2,1H3,(H,10,11,12);/q;+1/p-1. The van der Waals surface area contributed by atoms with Crippen LogP contribution in [0.4, 0.5) is 5.69 Å². The van der Waals surface area contributed by atoms with E-state index in [1.807, 2.05) is 0 Å². The second-order valence-corrected chi connectivity index (χ2v) is 4.27. The van der Waals surface area contributed by atoms with Gasteiger partial charge in [-0.15, -0.1) is 0 Å². The molecule has 72 valence electrons. The Morgan fingerprint density at radius 2 is 1.93 bits per heavy atom. The van der Waals surface area contributed by atoms with Gasteiger partial charge >= 0.3 is 29.6 Å². The first kappa shape index (κ1) is 14.2. The molecule has 0 atom stereocenters. The number of hydrogen-bond donors (Lipinski definition) is 1. The summed E-state index contributed by atoms with van der Waals surface area (Å²) in [5.41, 5.74) is 5.46. The Kier molecular flexibility index (Phi) is 4.90. The van der Waals surface area contributed by atoms with Gasteiger partial charge in [0.2, 0.25) is 0 Å². The molecule has 0 unspecified atom stereocenters. The molecule has 7 heteroatoms. The van der Waals surface area contributed by atoms with Gasteiger partial charge in [0.1, 0.15) is 10.1 Å². The van der Waals surface area contributed by atoms with Crippen molar-refractivity contribution in [3.8, 4) is 0 Å². The van der Waals surface area contributed by atoms with Crippen LogP contribution in [0.2, 0.25) is 5.02 Å². The van der Waals surface area contributed by atoms with Crippen LogP contribution in [0.15, 0.2) is 17.0 Å². The first-order valence-electron chi connectivity index (χ1n) is 3.34. The maximum absolute atomic E-state index is 10.7. The fourth-order valence-corrected chi connectivity index (χ4v) is 2.08. The van der Waals surface area contributed by atoms with Gasteiger partial charge in [-0.3, -0.25) is 0 Å². The minimum Gasteiger partial charge on any atom is -0.744 e. The smallest absolute Gasteiger partial charge is 0.744 e. The molecular weight excluding hydrogens is 237 g/mol. The predicted octanol–water partition coefficient (Wildman–Crippen LogP) is -1.86. The molecule has 0 saturated carbocycles. The van der Waals surface area contributed by atoms with E-state index >= 15 is 0 Å². The summed E-state index contributed by atoms with van der Waals surface area (Å²) in [5.74, 6) is 0. The van der Waals surface area contributed by atoms with Crippen molar-refractivity contribution in [2.24, 2.45) is 0 Å². The average molecular weight is 244 g/mol. The first-order valence-corrected chi connectivity index (χ1v) is 5.13. The second-order valence-electron chi connectivity index (χ2n) is 2.54. The molecule has 4 nitrogen and oxygen atoms in total. The third-order valence-corrected chi connectivity index (χ3v) is 3.07. The number of halogens is 1. The van der Waals surface area contributed by atoms with Crippen molar-refractivity contribution in [2.75, 3.05) is 5.73 Å². The Hall–Kier alpha value is 0.220. The summed E-state index contributed by atoms with van der Waals surface area (Å²) < 4.78 is 32.2. The molecule has 0 aromatic heterocycles. The Morgan fingerprint density at radius 3 is 2.29 bits per heavy atom. The van der Waals surface area contributed by atoms with Gasteiger partial charge in [0.05, 0.1) is 4.90 Å². The van der Waals surface area contributed by atoms with Crippen molar-refractivity contribution in [3.05, 3.63) is 22.7 Å². The molecule has 1 rings (SSSR count). The molecule has 0 bridgehead atoms. The van der Waals surface area contributed by atoms with Gasteiger partial charge in [-0.1, -0.05) is 11.6 Å². The van der Waals surface area contributed by atoms with Crippen LogP contribution >= 0.6 is 11.6 Å². The Labute approximate surface area is 109 Å². The van der Waals surface area contributed by atoms with Gasteiger partial charge < -0.3 is 10.3 Å². The minimum atomic E-state index is -4.55. The molecule has 0 heterocycles. The minimum absolute atomic E-state index is 0. The molecule has 0 amide bonds. The second kappa shape index (κ2) is 4.83. The Balaban J connectivity index is 0.00000169. The van der Waals surface area contributed by atoms with Crippen molar-refractivity contribution in [2.45, 2.75) is 11.8 Å². The molecule has 0 saturated heterocycles. The van der Waals surface area contributed by atoms with Crippen molar-refractivity contribution in [1.82, 2.24) is 0 Å². The van der Waals surface area contributed by atoms with E-state index in [0.29, 0.717) is 0 Å². The summed E-state index contributed by atoms with van der Waals surface area (Å²) in [6, 6.07) is 2.74. The molecule has 14 heavy (non-hydrogen) atoms. The third kappa shape index (κ3) is 2.85. The zero-order valence-electron chi connectivity index (χ0n) is 7.74. The van der Waals surface area contributed by atoms with E-state index in [2.05, 4.69) is 0 Å². The molecule has 1 aromatic carbocycles. The van der Waals surface area contributed by atoms with Crippen LogP contribution in [-0.2, 0) is 10.1 Å². The molecule has 0 spiro atoms. The first-order chi connectivity index (χ1) is 5.84. The molecule has 1 aromatic rings. The number of nitrogen functional groups attached to an aromatic ring is 1. The Morgan fingerprint density at radius 1 is 1.43 bits per heavy atom. The van der Waals surface area contributed by atoms with Crippen molar-refractivity contribution in [3.63, 3.8) is 0 Å². The van der Waals surface area contributed by atoms with E-state index in [1.54, 1.807) is 0 Å². The van der Waals surface area contributed by atoms with E-state index in [1.165, 1.54) is 19.1 Å². The number of nitrogens with two attached hydrogens (primary N) is 1. The van der Waals surface area contributed by atoms with Gasteiger partial charge in [-0.25, -0.2) is 8.42 Å². The van der Waals surface area contributed by atoms with Crippen molar-refractivity contribution < 1.29 is 42.5 Å². The van der Waals surface area contributed by atoms with Crippen LogP contribution in [0.25, 0.3) is 0 Å². The fourth-order valence-electron chi connectivity index (χ4n) is 1.02. The summed E-state index contributed by atoms with van der Waals surface area (Å²) in [7, 11) is -4.55. The SMILES string of the molecule is Cc1c(Cl)ccc(N)c1S(=O)(=O)[O-].[Na+]. The molecular formula is C7H7ClNNaO3S. The number of anilines is 1. The summed E-state index contributed by atoms with van der Waals surface area (Å²) >= 11 is 5.63. The van der Waals surface area contributed by atoms with Crippen LogP contribution in [0.3, 0.4) is 0 Å². The summed E-state index contributed by atoms with van der Waals surface area (Å²) in [6.07, 6.45) is 0. The summed E-state index contributed by atoms with van der Waals surface area (Å²) in [5, 5.41) is 0.212. The third-order valence-electron chi connectivity index (χ3n) is 1.62. The van der Waals surface area contributed by atoms with Crippen LogP contribution in [-0.4, -0.2) is 13.0 Å². The predicted molar refractivity (Wildman–Crippen MR) is 48.6 cm³/mol. The summed E-state index contributed by atoms with van der Waals surface area (Å²) in [4.78, 5) is -0.431. The molecule has 0 aliphatic carbocycles. The van der Waals surface area contributed by atoms with Gasteiger partial charge in [-0.05, 0) is 24.6 Å². The fraction of sp³-hybridized carbons (Fsp3) is 0.143. The van der Waals surface area contributed by atoms with Crippen LogP contribution in [0.5, 0.6) is 0 Å². The van der Waals surface area contributed by atoms with E-state index in [4.69, 9.17) is 17.3 Å². The van der Waals surface area contributed by atoms with E-state index in [9.17, 15) is 13.0 Å². The Bertz CT molecular complexity index is 446. The normalized spacial score (nSPS) is 10.8. The van der Waals surface area contributed by atoms with Crippen LogP contribution in [0.1, 0.15) is 5.56 Å². The summed E-state index contributed by atoms with van der Waals surface area (Å²) in [6.45, 7) is 1.43. The molecule has 0 radical (unpaired) electrons. The molecule has 0 aliphatic heterocycles.